The molecule has 0 fully saturated rings. The highest BCUT2D eigenvalue weighted by Gasteiger charge is 2.17. The van der Waals surface area contributed by atoms with Gasteiger partial charge in [-0.3, -0.25) is 0 Å². The number of fused-ring (bicyclic) bond motifs is 6. The number of hydrogen-bond acceptors (Lipinski definition) is 1. The molecule has 184 valence electrons. The minimum atomic E-state index is 0.782. The molecular weight excluding hydrogens is 478 g/mol. The summed E-state index contributed by atoms with van der Waals surface area (Å²) in [4.78, 5) is 0. The molecule has 8 rings (SSSR count). The lowest BCUT2D eigenvalue weighted by Crippen LogP contribution is -2.40. The summed E-state index contributed by atoms with van der Waals surface area (Å²) in [6.07, 6.45) is 5.32. The predicted octanol–water partition coefficient (Wildman–Crippen LogP) is 8.08. The van der Waals surface area contributed by atoms with Gasteiger partial charge >= 0.3 is 0 Å². The topological polar surface area (TPSA) is 23.0 Å². The largest absolute Gasteiger partial charge is 0.457 e. The van der Waals surface area contributed by atoms with Crippen molar-refractivity contribution < 1.29 is 9.41 Å². The first-order valence-corrected chi connectivity index (χ1v) is 13.0. The Morgan fingerprint density at radius 3 is 1.87 bits per heavy atom. The van der Waals surface area contributed by atoms with E-state index in [1.165, 1.54) is 27.1 Å². The van der Waals surface area contributed by atoms with Crippen LogP contribution in [0.3, 0.4) is 0 Å². The molecule has 0 saturated carbocycles. The Kier molecular flexibility index (Phi) is 4.79. The molecule has 4 nitrogen and oxygen atoms in total. The molecule has 3 heterocycles. The van der Waals surface area contributed by atoms with Gasteiger partial charge in [0.25, 0.3) is 0 Å². The molecule has 0 radical (unpaired) electrons. The number of rotatable bonds is 4. The number of aromatic nitrogens is 3. The highest BCUT2D eigenvalue weighted by Crippen LogP contribution is 2.36. The third-order valence-corrected chi connectivity index (χ3v) is 7.37. The van der Waals surface area contributed by atoms with Gasteiger partial charge in [-0.25, -0.2) is 0 Å². The molecule has 0 bridgehead atoms. The molecule has 4 heteroatoms. The normalized spacial score (nSPS) is 11.6. The maximum Gasteiger partial charge on any atom is 0.146 e. The average molecular weight is 502 g/mol. The van der Waals surface area contributed by atoms with E-state index in [1.807, 2.05) is 35.1 Å². The first-order chi connectivity index (χ1) is 19.3. The highest BCUT2D eigenvalue weighted by atomic mass is 16.5. The summed E-state index contributed by atoms with van der Waals surface area (Å²) >= 11 is 0. The molecule has 0 aliphatic rings. The van der Waals surface area contributed by atoms with E-state index in [-0.39, 0.29) is 0 Å². The minimum Gasteiger partial charge on any atom is -0.457 e. The zero-order valence-electron chi connectivity index (χ0n) is 21.0. The minimum absolute atomic E-state index is 0.782. The lowest BCUT2D eigenvalue weighted by molar-refractivity contribution is -0.724. The molecule has 8 aromatic rings. The van der Waals surface area contributed by atoms with Gasteiger partial charge in [-0.15, -0.1) is 16.8 Å². The van der Waals surface area contributed by atoms with E-state index >= 15 is 0 Å². The van der Waals surface area contributed by atoms with Crippen molar-refractivity contribution >= 4 is 43.6 Å². The van der Waals surface area contributed by atoms with Gasteiger partial charge in [-0.1, -0.05) is 54.6 Å². The quantitative estimate of drug-likeness (QED) is 0.177. The third-order valence-electron chi connectivity index (χ3n) is 7.37. The van der Waals surface area contributed by atoms with E-state index in [0.717, 1.165) is 33.7 Å². The van der Waals surface area contributed by atoms with Gasteiger partial charge in [0.1, 0.15) is 28.7 Å². The predicted molar refractivity (Wildman–Crippen MR) is 157 cm³/mol. The van der Waals surface area contributed by atoms with Gasteiger partial charge in [-0.05, 0) is 48.5 Å². The Balaban J connectivity index is 1.29. The van der Waals surface area contributed by atoms with Crippen molar-refractivity contribution in [2.24, 2.45) is 0 Å². The second-order valence-corrected chi connectivity index (χ2v) is 9.65. The van der Waals surface area contributed by atoms with Crippen LogP contribution < -0.4 is 9.41 Å². The number of ether oxygens (including phenoxy) is 1. The van der Waals surface area contributed by atoms with E-state index in [1.54, 1.807) is 0 Å². The standard InChI is InChI=1S/C35H23N3O/c1-3-11-25(12-4-1)37-32-15-7-5-13-28(32)30-19-17-26(23-34(30)37)39-27-18-20-31-29-14-6-8-16-33(29)38(35(31)24-27)36-21-9-2-10-22-36/h1-21,23-24H. The molecule has 0 unspecified atom stereocenters. The lowest BCUT2D eigenvalue weighted by Gasteiger charge is -2.10. The summed E-state index contributed by atoms with van der Waals surface area (Å²) < 4.78 is 13.0. The molecule has 0 spiro atoms. The van der Waals surface area contributed by atoms with Crippen LogP contribution >= 0.6 is 0 Å². The van der Waals surface area contributed by atoms with Crippen molar-refractivity contribution in [2.45, 2.75) is 0 Å². The summed E-state index contributed by atoms with van der Waals surface area (Å²) in [6.45, 7) is 0. The van der Waals surface area contributed by atoms with Gasteiger partial charge in [0, 0.05) is 39.4 Å². The van der Waals surface area contributed by atoms with E-state index < -0.39 is 0 Å². The summed E-state index contributed by atoms with van der Waals surface area (Å²) in [5, 5.41) is 4.79. The molecule has 0 aliphatic heterocycles. The monoisotopic (exact) mass is 501 g/mol. The van der Waals surface area contributed by atoms with Crippen molar-refractivity contribution in [2.75, 3.05) is 0 Å². The number of benzene rings is 5. The van der Waals surface area contributed by atoms with Gasteiger partial charge < -0.3 is 9.30 Å². The zero-order valence-corrected chi connectivity index (χ0v) is 21.0. The van der Waals surface area contributed by atoms with E-state index in [0.29, 0.717) is 0 Å². The summed E-state index contributed by atoms with van der Waals surface area (Å²) in [5.41, 5.74) is 5.59. The van der Waals surface area contributed by atoms with E-state index in [4.69, 9.17) is 4.74 Å². The fourth-order valence-electron chi connectivity index (χ4n) is 5.70. The van der Waals surface area contributed by atoms with Crippen LogP contribution in [-0.2, 0) is 0 Å². The van der Waals surface area contributed by atoms with Crippen molar-refractivity contribution in [3.63, 3.8) is 0 Å². The number of pyridine rings is 1. The molecule has 3 aromatic heterocycles. The van der Waals surface area contributed by atoms with Crippen LogP contribution in [0, 0.1) is 6.20 Å². The van der Waals surface area contributed by atoms with Crippen LogP contribution in [0.5, 0.6) is 11.5 Å². The summed E-state index contributed by atoms with van der Waals surface area (Å²) in [5.74, 6) is 1.58. The Morgan fingerprint density at radius 1 is 0.513 bits per heavy atom. The molecule has 5 aromatic carbocycles. The van der Waals surface area contributed by atoms with Crippen LogP contribution in [0.1, 0.15) is 0 Å². The van der Waals surface area contributed by atoms with Crippen LogP contribution in [0.15, 0.2) is 140 Å². The van der Waals surface area contributed by atoms with E-state index in [9.17, 15) is 0 Å². The average Bonchev–Trinajstić information content (AvgIpc) is 3.50. The van der Waals surface area contributed by atoms with Gasteiger partial charge in [0.15, 0.2) is 0 Å². The van der Waals surface area contributed by atoms with Crippen LogP contribution in [0.25, 0.3) is 49.3 Å². The van der Waals surface area contributed by atoms with Gasteiger partial charge in [0.2, 0.25) is 0 Å². The second kappa shape index (κ2) is 8.61. The Bertz CT molecular complexity index is 1990. The third kappa shape index (κ3) is 3.42. The summed E-state index contributed by atoms with van der Waals surface area (Å²) in [6, 6.07) is 46.1. The molecule has 0 N–H and O–H groups in total. The SMILES string of the molecule is [c-]1cccc[n+]1-n1c2ccccc2c2ccc(Oc3ccc4c5ccccc5n(-c5ccccc5)c4c3)cc21. The molecular formula is C35H23N3O. The summed E-state index contributed by atoms with van der Waals surface area (Å²) in [7, 11) is 0. The van der Waals surface area contributed by atoms with Crippen LogP contribution in [-0.4, -0.2) is 9.24 Å². The molecule has 0 aliphatic carbocycles. The number of para-hydroxylation sites is 3. The van der Waals surface area contributed by atoms with E-state index in [2.05, 4.69) is 125 Å². The lowest BCUT2D eigenvalue weighted by atomic mass is 10.1. The molecule has 39 heavy (non-hydrogen) atoms. The maximum absolute atomic E-state index is 6.52. The Morgan fingerprint density at radius 2 is 1.13 bits per heavy atom. The van der Waals surface area contributed by atoms with Gasteiger partial charge in [0.05, 0.1) is 17.2 Å². The van der Waals surface area contributed by atoms with Crippen molar-refractivity contribution in [3.05, 3.63) is 146 Å². The highest BCUT2D eigenvalue weighted by molar-refractivity contribution is 6.10. The smallest absolute Gasteiger partial charge is 0.146 e. The molecule has 0 atom stereocenters. The molecule has 0 saturated heterocycles. The van der Waals surface area contributed by atoms with Gasteiger partial charge in [-0.2, -0.15) is 10.7 Å². The van der Waals surface area contributed by atoms with Crippen LogP contribution in [0.4, 0.5) is 0 Å². The fraction of sp³-hybridized carbons (Fsp3) is 0. The Labute approximate surface area is 225 Å². The van der Waals surface area contributed by atoms with Crippen molar-refractivity contribution in [1.82, 2.24) is 9.24 Å². The molecule has 0 amide bonds. The fourth-order valence-corrected chi connectivity index (χ4v) is 5.70. The number of nitrogens with zero attached hydrogens (tertiary/aromatic N) is 3. The number of hydrogen-bond donors (Lipinski definition) is 0. The first-order valence-electron chi connectivity index (χ1n) is 13.0. The Hall–Kier alpha value is -5.35. The first kappa shape index (κ1) is 21.7. The van der Waals surface area contributed by atoms with Crippen LogP contribution in [0.2, 0.25) is 0 Å². The second-order valence-electron chi connectivity index (χ2n) is 9.65. The zero-order chi connectivity index (χ0) is 25.8. The van der Waals surface area contributed by atoms with Crippen molar-refractivity contribution in [1.29, 1.82) is 0 Å². The maximum atomic E-state index is 6.52. The van der Waals surface area contributed by atoms with Crippen molar-refractivity contribution in [3.8, 4) is 17.2 Å².